The van der Waals surface area contributed by atoms with Crippen LogP contribution in [0, 0.1) is 0 Å². The van der Waals surface area contributed by atoms with Gasteiger partial charge in [-0.3, -0.25) is 0 Å². The molecule has 0 spiro atoms. The third-order valence-corrected chi connectivity index (χ3v) is 4.69. The average Bonchev–Trinajstić information content (AvgIpc) is 2.55. The van der Waals surface area contributed by atoms with E-state index in [4.69, 9.17) is 9.47 Å². The van der Waals surface area contributed by atoms with E-state index in [1.165, 1.54) is 5.56 Å². The van der Waals surface area contributed by atoms with Crippen molar-refractivity contribution in [3.8, 4) is 11.5 Å². The number of hydrogen-bond acceptors (Lipinski definition) is 3. The number of ether oxygens (including phenoxy) is 2. The fourth-order valence-corrected chi connectivity index (χ4v) is 3.05. The zero-order valence-electron chi connectivity index (χ0n) is 13.9. The van der Waals surface area contributed by atoms with Crippen molar-refractivity contribution in [3.63, 3.8) is 0 Å². The van der Waals surface area contributed by atoms with Gasteiger partial charge < -0.3 is 9.47 Å². The van der Waals surface area contributed by atoms with Gasteiger partial charge in [0.25, 0.3) is 0 Å². The predicted octanol–water partition coefficient (Wildman–Crippen LogP) is 6.34. The summed E-state index contributed by atoms with van der Waals surface area (Å²) in [5.41, 5.74) is 1.65. The summed E-state index contributed by atoms with van der Waals surface area (Å²) in [7, 11) is 0. The smallest absolute Gasteiger partial charge is 0.343 e. The lowest BCUT2D eigenvalue weighted by atomic mass is 10.0. The fraction of sp³-hybridized carbons (Fsp3) is 0.316. The second-order valence-electron chi connectivity index (χ2n) is 5.73. The number of benzene rings is 2. The van der Waals surface area contributed by atoms with Crippen molar-refractivity contribution < 1.29 is 14.3 Å². The molecule has 0 unspecified atom stereocenters. The number of carbonyl (C=O) groups is 1. The van der Waals surface area contributed by atoms with E-state index in [9.17, 15) is 4.79 Å². The van der Waals surface area contributed by atoms with Crippen molar-refractivity contribution in [1.82, 2.24) is 0 Å². The van der Waals surface area contributed by atoms with Crippen LogP contribution in [0.15, 0.2) is 45.3 Å². The van der Waals surface area contributed by atoms with Crippen molar-refractivity contribution >= 4 is 37.8 Å². The molecule has 5 heteroatoms. The molecule has 0 aliphatic carbocycles. The van der Waals surface area contributed by atoms with Gasteiger partial charge in [-0.25, -0.2) is 4.79 Å². The third-order valence-electron chi connectivity index (χ3n) is 3.45. The first-order valence-corrected chi connectivity index (χ1v) is 9.45. The van der Waals surface area contributed by atoms with Crippen molar-refractivity contribution in [2.45, 2.75) is 33.1 Å². The molecule has 2 rings (SSSR count). The van der Waals surface area contributed by atoms with Crippen molar-refractivity contribution in [2.24, 2.45) is 0 Å². The van der Waals surface area contributed by atoms with Gasteiger partial charge in [-0.1, -0.05) is 26.8 Å². The molecule has 0 amide bonds. The monoisotopic (exact) mass is 454 g/mol. The Balaban J connectivity index is 2.14. The van der Waals surface area contributed by atoms with E-state index in [0.717, 1.165) is 21.1 Å². The van der Waals surface area contributed by atoms with Crippen LogP contribution in [0.2, 0.25) is 0 Å². The largest absolute Gasteiger partial charge is 0.492 e. The lowest BCUT2D eigenvalue weighted by Gasteiger charge is -2.11. The van der Waals surface area contributed by atoms with Crippen LogP contribution in [0.5, 0.6) is 11.5 Å². The van der Waals surface area contributed by atoms with Crippen molar-refractivity contribution in [3.05, 3.63) is 56.5 Å². The van der Waals surface area contributed by atoms with E-state index in [0.29, 0.717) is 23.8 Å². The molecule has 0 radical (unpaired) electrons. The molecule has 128 valence electrons. The molecular formula is C19H20Br2O3. The Kier molecular flexibility index (Phi) is 6.87. The Morgan fingerprint density at radius 3 is 2.29 bits per heavy atom. The van der Waals surface area contributed by atoms with Crippen LogP contribution in [-0.2, 0) is 0 Å². The van der Waals surface area contributed by atoms with E-state index in [1.807, 2.05) is 25.1 Å². The first-order valence-electron chi connectivity index (χ1n) is 7.86. The summed E-state index contributed by atoms with van der Waals surface area (Å²) in [5.74, 6) is 1.23. The van der Waals surface area contributed by atoms with Gasteiger partial charge in [-0.05, 0) is 80.1 Å². The molecule has 0 aliphatic heterocycles. The van der Waals surface area contributed by atoms with Gasteiger partial charge in [0.2, 0.25) is 0 Å². The van der Waals surface area contributed by atoms with E-state index in [-0.39, 0.29) is 0 Å². The lowest BCUT2D eigenvalue weighted by Crippen LogP contribution is -2.09. The highest BCUT2D eigenvalue weighted by molar-refractivity contribution is 9.10. The molecule has 0 saturated heterocycles. The van der Waals surface area contributed by atoms with Gasteiger partial charge in [-0.15, -0.1) is 0 Å². The van der Waals surface area contributed by atoms with Gasteiger partial charge in [-0.2, -0.15) is 0 Å². The maximum atomic E-state index is 12.4. The average molecular weight is 456 g/mol. The number of halogens is 2. The summed E-state index contributed by atoms with van der Waals surface area (Å²) < 4.78 is 12.6. The van der Waals surface area contributed by atoms with Gasteiger partial charge in [0.15, 0.2) is 0 Å². The molecule has 3 nitrogen and oxygen atoms in total. The zero-order chi connectivity index (χ0) is 17.7. The van der Waals surface area contributed by atoms with Crippen molar-refractivity contribution in [1.29, 1.82) is 0 Å². The van der Waals surface area contributed by atoms with E-state index in [2.05, 4.69) is 45.7 Å². The van der Waals surface area contributed by atoms with E-state index >= 15 is 0 Å². The Hall–Kier alpha value is -1.33. The molecule has 0 aromatic heterocycles. The minimum Gasteiger partial charge on any atom is -0.492 e. The van der Waals surface area contributed by atoms with Gasteiger partial charge in [0, 0.05) is 0 Å². The first kappa shape index (κ1) is 19.0. The molecule has 0 heterocycles. The Morgan fingerprint density at radius 2 is 1.71 bits per heavy atom. The Labute approximate surface area is 159 Å². The van der Waals surface area contributed by atoms with E-state index < -0.39 is 5.97 Å². The summed E-state index contributed by atoms with van der Waals surface area (Å²) in [4.78, 5) is 12.4. The van der Waals surface area contributed by atoms with Crippen LogP contribution >= 0.6 is 31.9 Å². The van der Waals surface area contributed by atoms with Crippen LogP contribution in [0.3, 0.4) is 0 Å². The van der Waals surface area contributed by atoms with Gasteiger partial charge in [0.05, 0.1) is 21.1 Å². The molecule has 24 heavy (non-hydrogen) atoms. The fourth-order valence-electron chi connectivity index (χ4n) is 2.07. The van der Waals surface area contributed by atoms with Gasteiger partial charge >= 0.3 is 5.97 Å². The molecular weight excluding hydrogens is 436 g/mol. The highest BCUT2D eigenvalue weighted by Crippen LogP contribution is 2.31. The number of rotatable bonds is 6. The Morgan fingerprint density at radius 1 is 1.04 bits per heavy atom. The normalized spacial score (nSPS) is 10.8. The van der Waals surface area contributed by atoms with Crippen molar-refractivity contribution in [2.75, 3.05) is 6.61 Å². The summed E-state index contributed by atoms with van der Waals surface area (Å²) in [6.45, 7) is 6.92. The number of hydrogen-bond donors (Lipinski definition) is 0. The van der Waals surface area contributed by atoms with Crippen LogP contribution in [0.4, 0.5) is 0 Å². The zero-order valence-corrected chi connectivity index (χ0v) is 17.1. The molecule has 2 aromatic carbocycles. The molecule has 0 bridgehead atoms. The molecule has 0 N–H and O–H groups in total. The maximum Gasteiger partial charge on any atom is 0.343 e. The summed E-state index contributed by atoms with van der Waals surface area (Å²) >= 11 is 6.89. The number of esters is 1. The topological polar surface area (TPSA) is 35.5 Å². The molecule has 2 aromatic rings. The first-order chi connectivity index (χ1) is 11.4. The summed E-state index contributed by atoms with van der Waals surface area (Å²) in [6, 6.07) is 10.9. The van der Waals surface area contributed by atoms with Crippen LogP contribution in [0.1, 0.15) is 49.0 Å². The summed E-state index contributed by atoms with van der Waals surface area (Å²) in [6.07, 6.45) is 0.927. The molecule has 0 fully saturated rings. The SMILES string of the molecule is CCCOc1ccc(C(=O)Oc2ccc(C(C)C)cc2Br)cc1Br. The standard InChI is InChI=1S/C19H20Br2O3/c1-4-9-23-17-7-6-14(11-15(17)20)19(22)24-18-8-5-13(12(2)3)10-16(18)21/h5-8,10-12H,4,9H2,1-3H3. The Bertz CT molecular complexity index is 727. The molecule has 0 atom stereocenters. The minimum absolute atomic E-state index is 0.407. The second kappa shape index (κ2) is 8.67. The third kappa shape index (κ3) is 4.84. The lowest BCUT2D eigenvalue weighted by molar-refractivity contribution is 0.0733. The summed E-state index contributed by atoms with van der Waals surface area (Å²) in [5, 5.41) is 0. The highest BCUT2D eigenvalue weighted by atomic mass is 79.9. The van der Waals surface area contributed by atoms with Crippen LogP contribution in [0.25, 0.3) is 0 Å². The van der Waals surface area contributed by atoms with Crippen LogP contribution in [-0.4, -0.2) is 12.6 Å². The second-order valence-corrected chi connectivity index (χ2v) is 7.44. The van der Waals surface area contributed by atoms with Gasteiger partial charge in [0.1, 0.15) is 11.5 Å². The maximum absolute atomic E-state index is 12.4. The number of carbonyl (C=O) groups excluding carboxylic acids is 1. The highest BCUT2D eigenvalue weighted by Gasteiger charge is 2.14. The quantitative estimate of drug-likeness (QED) is 0.376. The molecule has 0 saturated carbocycles. The minimum atomic E-state index is -0.407. The van der Waals surface area contributed by atoms with E-state index in [1.54, 1.807) is 18.2 Å². The predicted molar refractivity (Wildman–Crippen MR) is 103 cm³/mol. The molecule has 0 aliphatic rings. The van der Waals surface area contributed by atoms with Crippen LogP contribution < -0.4 is 9.47 Å².